The van der Waals surface area contributed by atoms with Gasteiger partial charge in [0.1, 0.15) is 11.6 Å². The highest BCUT2D eigenvalue weighted by atomic mass is 19.1. The molecule has 6 heteroatoms. The molecule has 0 bridgehead atoms. The van der Waals surface area contributed by atoms with Gasteiger partial charge in [-0.15, -0.1) is 0 Å². The Bertz CT molecular complexity index is 1280. The van der Waals surface area contributed by atoms with Gasteiger partial charge in [-0.2, -0.15) is 0 Å². The van der Waals surface area contributed by atoms with Gasteiger partial charge in [-0.25, -0.2) is 8.78 Å². The van der Waals surface area contributed by atoms with Crippen LogP contribution in [0.5, 0.6) is 0 Å². The fourth-order valence-electron chi connectivity index (χ4n) is 5.31. The van der Waals surface area contributed by atoms with Gasteiger partial charge in [0, 0.05) is 34.3 Å². The summed E-state index contributed by atoms with van der Waals surface area (Å²) in [5, 5.41) is 2.89. The maximum Gasteiger partial charge on any atom is 0.256 e. The third-order valence-electron chi connectivity index (χ3n) is 7.00. The molecule has 2 N–H and O–H groups in total. The zero-order valence-electron chi connectivity index (χ0n) is 19.1. The first-order valence-corrected chi connectivity index (χ1v) is 11.3. The molecule has 1 amide bonds. The monoisotopic (exact) mass is 447 g/mol. The van der Waals surface area contributed by atoms with E-state index < -0.39 is 11.6 Å². The molecule has 0 aliphatic carbocycles. The van der Waals surface area contributed by atoms with E-state index in [0.717, 1.165) is 48.9 Å². The standard InChI is InChI=1S/C27H27F2N3O/c1-15-24(30-16(2)25(15)17-9-11-32(3)12-10-17)14-21-26-20(5-4-6-23(26)31-27(21)33)19-8-7-18(28)13-22(19)29/h4-8,13-14,17,30H,9-12H2,1-3H3,(H,31,33). The molecule has 1 fully saturated rings. The molecule has 0 unspecified atom stereocenters. The van der Waals surface area contributed by atoms with Crippen molar-refractivity contribution in [2.75, 3.05) is 25.5 Å². The van der Waals surface area contributed by atoms with Crippen molar-refractivity contribution in [3.63, 3.8) is 0 Å². The molecule has 2 aliphatic rings. The number of likely N-dealkylation sites (tertiary alicyclic amines) is 1. The Hall–Kier alpha value is -3.25. The van der Waals surface area contributed by atoms with E-state index in [4.69, 9.17) is 0 Å². The first kappa shape index (κ1) is 21.6. The molecule has 5 rings (SSSR count). The summed E-state index contributed by atoms with van der Waals surface area (Å²) in [6, 6.07) is 8.85. The van der Waals surface area contributed by atoms with Crippen LogP contribution in [0.25, 0.3) is 22.8 Å². The van der Waals surface area contributed by atoms with Crippen LogP contribution in [0.2, 0.25) is 0 Å². The third-order valence-corrected chi connectivity index (χ3v) is 7.00. The molecule has 1 saturated heterocycles. The van der Waals surface area contributed by atoms with Crippen LogP contribution in [0, 0.1) is 25.5 Å². The van der Waals surface area contributed by atoms with E-state index in [2.05, 4.69) is 36.1 Å². The van der Waals surface area contributed by atoms with E-state index in [-0.39, 0.29) is 11.5 Å². The van der Waals surface area contributed by atoms with Crippen LogP contribution in [0.1, 0.15) is 46.8 Å². The summed E-state index contributed by atoms with van der Waals surface area (Å²) in [5.74, 6) is -1.02. The minimum atomic E-state index is -0.654. The molecule has 3 heterocycles. The molecule has 3 aromatic rings. The van der Waals surface area contributed by atoms with Gasteiger partial charge in [-0.1, -0.05) is 12.1 Å². The summed E-state index contributed by atoms with van der Waals surface area (Å²) >= 11 is 0. The summed E-state index contributed by atoms with van der Waals surface area (Å²) in [7, 11) is 2.15. The van der Waals surface area contributed by atoms with Gasteiger partial charge in [0.05, 0.1) is 5.57 Å². The number of benzene rings is 2. The predicted molar refractivity (Wildman–Crippen MR) is 128 cm³/mol. The fourth-order valence-corrected chi connectivity index (χ4v) is 5.31. The van der Waals surface area contributed by atoms with Crippen LogP contribution in [-0.2, 0) is 4.79 Å². The number of carbonyl (C=O) groups is 1. The van der Waals surface area contributed by atoms with Crippen LogP contribution in [0.15, 0.2) is 36.4 Å². The summed E-state index contributed by atoms with van der Waals surface area (Å²) in [6.45, 7) is 6.34. The number of fused-ring (bicyclic) bond motifs is 1. The Labute approximate surface area is 192 Å². The van der Waals surface area contributed by atoms with Gasteiger partial charge in [-0.05, 0) is 93.7 Å². The van der Waals surface area contributed by atoms with Gasteiger partial charge < -0.3 is 15.2 Å². The van der Waals surface area contributed by atoms with Crippen molar-refractivity contribution in [3.8, 4) is 11.1 Å². The number of halogens is 2. The lowest BCUT2D eigenvalue weighted by molar-refractivity contribution is -0.110. The maximum absolute atomic E-state index is 14.6. The van der Waals surface area contributed by atoms with E-state index in [1.165, 1.54) is 17.7 Å². The Morgan fingerprint density at radius 1 is 1.06 bits per heavy atom. The number of H-pyrrole nitrogens is 1. The molecule has 0 atom stereocenters. The van der Waals surface area contributed by atoms with Crippen LogP contribution < -0.4 is 5.32 Å². The first-order chi connectivity index (χ1) is 15.8. The lowest BCUT2D eigenvalue weighted by Gasteiger charge is -2.29. The average Bonchev–Trinajstić information content (AvgIpc) is 3.24. The second-order valence-electron chi connectivity index (χ2n) is 9.14. The number of aryl methyl sites for hydroxylation is 1. The Balaban J connectivity index is 1.60. The zero-order valence-corrected chi connectivity index (χ0v) is 19.1. The summed E-state index contributed by atoms with van der Waals surface area (Å²) < 4.78 is 28.1. The number of hydrogen-bond acceptors (Lipinski definition) is 2. The smallest absolute Gasteiger partial charge is 0.256 e. The van der Waals surface area contributed by atoms with E-state index in [0.29, 0.717) is 28.3 Å². The second kappa shape index (κ2) is 8.27. The van der Waals surface area contributed by atoms with Crippen LogP contribution in [-0.4, -0.2) is 35.9 Å². The van der Waals surface area contributed by atoms with Crippen molar-refractivity contribution in [3.05, 3.63) is 76.1 Å². The largest absolute Gasteiger partial charge is 0.359 e. The Kier molecular flexibility index (Phi) is 5.41. The van der Waals surface area contributed by atoms with Gasteiger partial charge in [0.15, 0.2) is 0 Å². The van der Waals surface area contributed by atoms with E-state index >= 15 is 0 Å². The molecule has 0 radical (unpaired) electrons. The SMILES string of the molecule is Cc1[nH]c(C=C2C(=O)Nc3cccc(-c4ccc(F)cc4F)c32)c(C)c1C1CCN(C)CC1. The molecule has 0 saturated carbocycles. The minimum absolute atomic E-state index is 0.229. The highest BCUT2D eigenvalue weighted by Gasteiger charge is 2.30. The molecular formula is C27H27F2N3O. The quantitative estimate of drug-likeness (QED) is 0.493. The normalized spacial score (nSPS) is 18.1. The zero-order chi connectivity index (χ0) is 23.3. The lowest BCUT2D eigenvalue weighted by atomic mass is 9.87. The number of carbonyl (C=O) groups excluding carboxylic acids is 1. The van der Waals surface area contributed by atoms with Crippen molar-refractivity contribution in [1.82, 2.24) is 9.88 Å². The molecule has 33 heavy (non-hydrogen) atoms. The molecule has 0 spiro atoms. The van der Waals surface area contributed by atoms with E-state index in [1.807, 2.05) is 6.08 Å². The van der Waals surface area contributed by atoms with Crippen molar-refractivity contribution >= 4 is 23.2 Å². The number of piperidine rings is 1. The van der Waals surface area contributed by atoms with Crippen molar-refractivity contribution in [2.45, 2.75) is 32.6 Å². The summed E-state index contributed by atoms with van der Waals surface area (Å²) in [5.41, 5.74) is 7.09. The van der Waals surface area contributed by atoms with E-state index in [1.54, 1.807) is 18.2 Å². The van der Waals surface area contributed by atoms with Gasteiger partial charge in [-0.3, -0.25) is 4.79 Å². The molecular weight excluding hydrogens is 420 g/mol. The molecule has 1 aromatic heterocycles. The van der Waals surface area contributed by atoms with Gasteiger partial charge >= 0.3 is 0 Å². The molecule has 2 aliphatic heterocycles. The topological polar surface area (TPSA) is 48.1 Å². The number of rotatable bonds is 3. The highest BCUT2D eigenvalue weighted by Crippen LogP contribution is 2.42. The molecule has 2 aromatic carbocycles. The van der Waals surface area contributed by atoms with Gasteiger partial charge in [0.2, 0.25) is 0 Å². The number of aromatic nitrogens is 1. The highest BCUT2D eigenvalue weighted by molar-refractivity contribution is 6.36. The van der Waals surface area contributed by atoms with Crippen LogP contribution in [0.4, 0.5) is 14.5 Å². The Morgan fingerprint density at radius 2 is 1.82 bits per heavy atom. The van der Waals surface area contributed by atoms with Gasteiger partial charge in [0.25, 0.3) is 5.91 Å². The molecule has 4 nitrogen and oxygen atoms in total. The number of anilines is 1. The summed E-state index contributed by atoms with van der Waals surface area (Å²) in [6.07, 6.45) is 4.10. The maximum atomic E-state index is 14.6. The van der Waals surface area contributed by atoms with Crippen LogP contribution in [0.3, 0.4) is 0 Å². The minimum Gasteiger partial charge on any atom is -0.359 e. The fraction of sp³-hybridized carbons (Fsp3) is 0.296. The van der Waals surface area contributed by atoms with Crippen molar-refractivity contribution in [2.24, 2.45) is 0 Å². The average molecular weight is 448 g/mol. The first-order valence-electron chi connectivity index (χ1n) is 11.3. The number of hydrogen-bond donors (Lipinski definition) is 2. The molecule has 170 valence electrons. The Morgan fingerprint density at radius 3 is 2.55 bits per heavy atom. The summed E-state index contributed by atoms with van der Waals surface area (Å²) in [4.78, 5) is 18.8. The van der Waals surface area contributed by atoms with Crippen molar-refractivity contribution in [1.29, 1.82) is 0 Å². The van der Waals surface area contributed by atoms with E-state index in [9.17, 15) is 13.6 Å². The number of nitrogens with one attached hydrogen (secondary N) is 2. The van der Waals surface area contributed by atoms with Crippen molar-refractivity contribution < 1.29 is 13.6 Å². The lowest BCUT2D eigenvalue weighted by Crippen LogP contribution is -2.29. The third kappa shape index (κ3) is 3.78. The van der Waals surface area contributed by atoms with Crippen LogP contribution >= 0.6 is 0 Å². The predicted octanol–water partition coefficient (Wildman–Crippen LogP) is 5.88. The second-order valence-corrected chi connectivity index (χ2v) is 9.14. The number of nitrogens with zero attached hydrogens (tertiary/aromatic N) is 1. The number of aromatic amines is 1. The number of amides is 1.